The summed E-state index contributed by atoms with van der Waals surface area (Å²) in [5.41, 5.74) is 6.29. The molecule has 3 nitrogen and oxygen atoms in total. The smallest absolute Gasteiger partial charge is 0.124 e. The van der Waals surface area contributed by atoms with Crippen molar-refractivity contribution in [3.05, 3.63) is 18.0 Å². The molecule has 0 unspecified atom stereocenters. The zero-order valence-corrected chi connectivity index (χ0v) is 8.55. The van der Waals surface area contributed by atoms with E-state index >= 15 is 0 Å². The number of hydrogen-bond acceptors (Lipinski definition) is 4. The summed E-state index contributed by atoms with van der Waals surface area (Å²) in [6.07, 6.45) is 1.58. The lowest BCUT2D eigenvalue weighted by Crippen LogP contribution is -2.01. The number of rotatable bonds is 4. The van der Waals surface area contributed by atoms with Crippen LogP contribution < -0.4 is 5.73 Å². The third kappa shape index (κ3) is 4.44. The van der Waals surface area contributed by atoms with Gasteiger partial charge in [0.15, 0.2) is 0 Å². The van der Waals surface area contributed by atoms with Crippen LogP contribution in [-0.2, 0) is 5.75 Å². The molecule has 0 radical (unpaired) electrons. The number of nitrogens with zero attached hydrogens (tertiary/aromatic N) is 1. The molecule has 0 aliphatic carbocycles. The van der Waals surface area contributed by atoms with Gasteiger partial charge in [-0.05, 0) is 0 Å². The van der Waals surface area contributed by atoms with Gasteiger partial charge in [-0.2, -0.15) is 11.8 Å². The largest absolute Gasteiger partial charge is 0.364 e. The SMILES string of the molecule is Br.NCCSCc1ccon1. The van der Waals surface area contributed by atoms with Crippen LogP contribution in [-0.4, -0.2) is 17.5 Å². The average molecular weight is 239 g/mol. The second kappa shape index (κ2) is 6.69. The van der Waals surface area contributed by atoms with Crippen LogP contribution in [0.5, 0.6) is 0 Å². The highest BCUT2D eigenvalue weighted by Crippen LogP contribution is 2.07. The summed E-state index contributed by atoms with van der Waals surface area (Å²) < 4.78 is 4.65. The molecule has 1 heterocycles. The molecule has 0 bridgehead atoms. The fourth-order valence-electron chi connectivity index (χ4n) is 0.572. The van der Waals surface area contributed by atoms with E-state index in [1.165, 1.54) is 0 Å². The summed E-state index contributed by atoms with van der Waals surface area (Å²) >= 11 is 1.76. The summed E-state index contributed by atoms with van der Waals surface area (Å²) in [5.74, 6) is 1.88. The standard InChI is InChI=1S/C6H10N2OS.BrH/c7-2-4-10-5-6-1-3-9-8-6;/h1,3H,2,4-5,7H2;1H. The van der Waals surface area contributed by atoms with Gasteiger partial charge in [-0.1, -0.05) is 5.16 Å². The molecule has 0 saturated heterocycles. The van der Waals surface area contributed by atoms with Crippen molar-refractivity contribution in [3.63, 3.8) is 0 Å². The summed E-state index contributed by atoms with van der Waals surface area (Å²) in [5, 5.41) is 3.75. The Balaban J connectivity index is 0.000001000. The van der Waals surface area contributed by atoms with Gasteiger partial charge in [0.05, 0.1) is 5.69 Å². The maximum atomic E-state index is 5.30. The second-order valence-electron chi connectivity index (χ2n) is 1.83. The normalized spacial score (nSPS) is 9.18. The first kappa shape index (κ1) is 11.0. The molecule has 1 aromatic heterocycles. The van der Waals surface area contributed by atoms with Crippen molar-refractivity contribution in [3.8, 4) is 0 Å². The third-order valence-corrected chi connectivity index (χ3v) is 2.03. The predicted octanol–water partition coefficient (Wildman–Crippen LogP) is 1.44. The Morgan fingerprint density at radius 3 is 3.00 bits per heavy atom. The summed E-state index contributed by atoms with van der Waals surface area (Å²) in [6, 6.07) is 1.86. The lowest BCUT2D eigenvalue weighted by Gasteiger charge is -1.92. The van der Waals surface area contributed by atoms with Gasteiger partial charge in [-0.3, -0.25) is 0 Å². The lowest BCUT2D eigenvalue weighted by atomic mass is 10.5. The molecule has 2 N–H and O–H groups in total. The minimum Gasteiger partial charge on any atom is -0.364 e. The Morgan fingerprint density at radius 2 is 2.45 bits per heavy atom. The maximum absolute atomic E-state index is 5.30. The predicted molar refractivity (Wildman–Crippen MR) is 52.0 cm³/mol. The van der Waals surface area contributed by atoms with E-state index in [9.17, 15) is 0 Å². The quantitative estimate of drug-likeness (QED) is 0.808. The minimum atomic E-state index is 0. The van der Waals surface area contributed by atoms with Crippen LogP contribution in [0.1, 0.15) is 5.69 Å². The van der Waals surface area contributed by atoms with Crippen molar-refractivity contribution in [1.82, 2.24) is 5.16 Å². The highest BCUT2D eigenvalue weighted by atomic mass is 79.9. The van der Waals surface area contributed by atoms with Gasteiger partial charge in [0, 0.05) is 24.1 Å². The monoisotopic (exact) mass is 238 g/mol. The molecule has 0 saturated carbocycles. The molecule has 11 heavy (non-hydrogen) atoms. The average Bonchev–Trinajstić information content (AvgIpc) is 2.41. The number of thioether (sulfide) groups is 1. The topological polar surface area (TPSA) is 52.0 Å². The number of aromatic nitrogens is 1. The van der Waals surface area contributed by atoms with E-state index in [0.717, 1.165) is 23.7 Å². The van der Waals surface area contributed by atoms with Gasteiger partial charge >= 0.3 is 0 Å². The highest BCUT2D eigenvalue weighted by Gasteiger charge is 1.94. The maximum Gasteiger partial charge on any atom is 0.124 e. The molecule has 64 valence electrons. The van der Waals surface area contributed by atoms with Gasteiger partial charge in [-0.25, -0.2) is 0 Å². The van der Waals surface area contributed by atoms with Crippen LogP contribution in [0.2, 0.25) is 0 Å². The molecule has 0 aliphatic rings. The van der Waals surface area contributed by atoms with Gasteiger partial charge in [0.1, 0.15) is 6.26 Å². The number of nitrogens with two attached hydrogens (primary N) is 1. The van der Waals surface area contributed by atoms with E-state index in [4.69, 9.17) is 5.73 Å². The summed E-state index contributed by atoms with van der Waals surface area (Å²) in [4.78, 5) is 0. The minimum absolute atomic E-state index is 0. The van der Waals surface area contributed by atoms with E-state index in [1.54, 1.807) is 18.0 Å². The Morgan fingerprint density at radius 1 is 1.64 bits per heavy atom. The fraction of sp³-hybridized carbons (Fsp3) is 0.500. The molecule has 0 amide bonds. The molecule has 0 atom stereocenters. The molecule has 0 spiro atoms. The number of halogens is 1. The van der Waals surface area contributed by atoms with Crippen LogP contribution in [0.3, 0.4) is 0 Å². The van der Waals surface area contributed by atoms with Crippen LogP contribution in [0.25, 0.3) is 0 Å². The first-order chi connectivity index (χ1) is 4.93. The van der Waals surface area contributed by atoms with Crippen molar-refractivity contribution >= 4 is 28.7 Å². The molecule has 0 aromatic carbocycles. The van der Waals surface area contributed by atoms with Crippen molar-refractivity contribution in [2.45, 2.75) is 5.75 Å². The molecule has 0 fully saturated rings. The number of hydrogen-bond donors (Lipinski definition) is 1. The van der Waals surface area contributed by atoms with Gasteiger partial charge < -0.3 is 10.3 Å². The first-order valence-electron chi connectivity index (χ1n) is 3.10. The molecule has 0 aliphatic heterocycles. The molecule has 5 heteroatoms. The van der Waals surface area contributed by atoms with E-state index < -0.39 is 0 Å². The van der Waals surface area contributed by atoms with Crippen LogP contribution in [0.4, 0.5) is 0 Å². The summed E-state index contributed by atoms with van der Waals surface area (Å²) in [6.45, 7) is 0.725. The van der Waals surface area contributed by atoms with E-state index in [1.807, 2.05) is 6.07 Å². The Labute approximate surface area is 80.5 Å². The van der Waals surface area contributed by atoms with Crippen LogP contribution >= 0.6 is 28.7 Å². The van der Waals surface area contributed by atoms with Gasteiger partial charge in [0.2, 0.25) is 0 Å². The molecular formula is C6H11BrN2OS. The fourth-order valence-corrected chi connectivity index (χ4v) is 1.24. The van der Waals surface area contributed by atoms with Gasteiger partial charge in [0.25, 0.3) is 0 Å². The van der Waals surface area contributed by atoms with Crippen molar-refractivity contribution in [1.29, 1.82) is 0 Å². The van der Waals surface area contributed by atoms with E-state index in [-0.39, 0.29) is 17.0 Å². The van der Waals surface area contributed by atoms with Crippen molar-refractivity contribution in [2.75, 3.05) is 12.3 Å². The molecular weight excluding hydrogens is 228 g/mol. The second-order valence-corrected chi connectivity index (χ2v) is 2.94. The summed E-state index contributed by atoms with van der Waals surface area (Å²) in [7, 11) is 0. The van der Waals surface area contributed by atoms with Crippen LogP contribution in [0, 0.1) is 0 Å². The zero-order valence-electron chi connectivity index (χ0n) is 6.03. The van der Waals surface area contributed by atoms with Crippen molar-refractivity contribution in [2.24, 2.45) is 5.73 Å². The first-order valence-corrected chi connectivity index (χ1v) is 4.26. The molecule has 1 aromatic rings. The van der Waals surface area contributed by atoms with Crippen LogP contribution in [0.15, 0.2) is 16.9 Å². The zero-order chi connectivity index (χ0) is 7.23. The van der Waals surface area contributed by atoms with E-state index in [2.05, 4.69) is 9.68 Å². The third-order valence-electron chi connectivity index (χ3n) is 1.00. The lowest BCUT2D eigenvalue weighted by molar-refractivity contribution is 0.414. The Bertz CT molecular complexity index is 169. The Kier molecular flexibility index (Phi) is 6.69. The van der Waals surface area contributed by atoms with E-state index in [0.29, 0.717) is 0 Å². The van der Waals surface area contributed by atoms with Gasteiger partial charge in [-0.15, -0.1) is 17.0 Å². The van der Waals surface area contributed by atoms with Crippen molar-refractivity contribution < 1.29 is 4.52 Å². The highest BCUT2D eigenvalue weighted by molar-refractivity contribution is 8.93. The molecule has 1 rings (SSSR count). The Hall–Kier alpha value is 0.